The fourth-order valence-electron chi connectivity index (χ4n) is 3.94. The van der Waals surface area contributed by atoms with Gasteiger partial charge in [0.05, 0.1) is 17.6 Å². The molecule has 0 radical (unpaired) electrons. The number of nitrogens with two attached hydrogens (primary N) is 1. The highest BCUT2D eigenvalue weighted by atomic mass is 16.1. The molecule has 1 aliphatic heterocycles. The van der Waals surface area contributed by atoms with Crippen LogP contribution in [-0.2, 0) is 4.79 Å². The first kappa shape index (κ1) is 17.0. The van der Waals surface area contributed by atoms with Gasteiger partial charge in [-0.05, 0) is 23.5 Å². The fourth-order valence-corrected chi connectivity index (χ4v) is 3.94. The summed E-state index contributed by atoms with van der Waals surface area (Å²) >= 11 is 0. The van der Waals surface area contributed by atoms with Crippen molar-refractivity contribution in [1.82, 2.24) is 20.2 Å². The summed E-state index contributed by atoms with van der Waals surface area (Å²) < 4.78 is 0. The van der Waals surface area contributed by atoms with Gasteiger partial charge in [0.1, 0.15) is 12.1 Å². The number of nitriles is 1. The number of ketones is 1. The highest BCUT2D eigenvalue weighted by Crippen LogP contribution is 2.49. The third kappa shape index (κ3) is 2.68. The number of carbonyl (C=O) groups is 1. The van der Waals surface area contributed by atoms with Crippen molar-refractivity contribution in [3.63, 3.8) is 0 Å². The van der Waals surface area contributed by atoms with Crippen molar-refractivity contribution in [1.29, 1.82) is 5.26 Å². The quantitative estimate of drug-likeness (QED) is 0.839. The molecule has 1 atom stereocenters. The van der Waals surface area contributed by atoms with Crippen LogP contribution in [0.3, 0.4) is 0 Å². The van der Waals surface area contributed by atoms with Crippen LogP contribution in [0.25, 0.3) is 0 Å². The number of allylic oxidation sites excluding steroid dienone is 3. The Balaban J connectivity index is 2.00. The van der Waals surface area contributed by atoms with Gasteiger partial charge in [-0.1, -0.05) is 19.9 Å². The van der Waals surface area contributed by atoms with E-state index in [1.807, 2.05) is 19.9 Å². The van der Waals surface area contributed by atoms with Gasteiger partial charge in [0.15, 0.2) is 5.78 Å². The lowest BCUT2D eigenvalue weighted by molar-refractivity contribution is -0.118. The lowest BCUT2D eigenvalue weighted by Gasteiger charge is -2.42. The van der Waals surface area contributed by atoms with Crippen molar-refractivity contribution in [3.05, 3.63) is 59.1 Å². The van der Waals surface area contributed by atoms with Gasteiger partial charge in [-0.3, -0.25) is 14.7 Å². The summed E-state index contributed by atoms with van der Waals surface area (Å²) in [5.74, 6) is 0.136. The number of aromatic nitrogens is 4. The molecular weight excluding hydrogens is 342 g/mol. The second kappa shape index (κ2) is 6.06. The molecule has 0 aromatic carbocycles. The topological polar surface area (TPSA) is 125 Å². The van der Waals surface area contributed by atoms with Crippen LogP contribution in [-0.4, -0.2) is 25.9 Å². The number of aromatic amines is 1. The van der Waals surface area contributed by atoms with Crippen molar-refractivity contribution < 1.29 is 4.79 Å². The van der Waals surface area contributed by atoms with E-state index in [4.69, 9.17) is 5.73 Å². The fraction of sp³-hybridized carbons (Fsp3) is 0.316. The van der Waals surface area contributed by atoms with E-state index < -0.39 is 5.92 Å². The Morgan fingerprint density at radius 3 is 2.85 bits per heavy atom. The molecule has 27 heavy (non-hydrogen) atoms. The van der Waals surface area contributed by atoms with Crippen LogP contribution in [0.2, 0.25) is 0 Å². The zero-order valence-corrected chi connectivity index (χ0v) is 15.1. The van der Waals surface area contributed by atoms with Gasteiger partial charge in [0.25, 0.3) is 0 Å². The Hall–Kier alpha value is -3.47. The third-order valence-electron chi connectivity index (χ3n) is 5.01. The molecule has 2 aromatic heterocycles. The molecule has 2 aliphatic rings. The zero-order chi connectivity index (χ0) is 19.2. The average molecular weight is 361 g/mol. The van der Waals surface area contributed by atoms with E-state index in [2.05, 4.69) is 26.2 Å². The van der Waals surface area contributed by atoms with E-state index in [1.165, 1.54) is 6.33 Å². The number of nitrogens with one attached hydrogen (secondary N) is 1. The Labute approximate surface area is 156 Å². The molecule has 136 valence electrons. The predicted molar refractivity (Wildman–Crippen MR) is 97.7 cm³/mol. The highest BCUT2D eigenvalue weighted by Gasteiger charge is 2.45. The molecule has 3 N–H and O–H groups in total. The van der Waals surface area contributed by atoms with E-state index >= 15 is 0 Å². The van der Waals surface area contributed by atoms with Crippen LogP contribution >= 0.6 is 0 Å². The molecule has 8 heteroatoms. The van der Waals surface area contributed by atoms with Crippen molar-refractivity contribution in [3.8, 4) is 6.07 Å². The number of rotatable bonds is 2. The Bertz CT molecular complexity index is 996. The number of hydrogen-bond acceptors (Lipinski definition) is 7. The van der Waals surface area contributed by atoms with E-state index in [-0.39, 0.29) is 17.0 Å². The number of hydrogen-bond donors (Lipinski definition) is 2. The maximum atomic E-state index is 13.2. The predicted octanol–water partition coefficient (Wildman–Crippen LogP) is 2.14. The Morgan fingerprint density at radius 2 is 2.22 bits per heavy atom. The number of pyridine rings is 1. The second-order valence-electron chi connectivity index (χ2n) is 7.58. The van der Waals surface area contributed by atoms with Crippen LogP contribution < -0.4 is 10.6 Å². The largest absolute Gasteiger partial charge is 0.384 e. The highest BCUT2D eigenvalue weighted by molar-refractivity contribution is 6.01. The summed E-state index contributed by atoms with van der Waals surface area (Å²) in [6, 6.07) is 5.86. The first-order chi connectivity index (χ1) is 12.9. The smallest absolute Gasteiger partial charge is 0.231 e. The number of Topliss-reactive ketones (excluding diaryl/α,β-unsaturated/α-hetero) is 1. The standard InChI is InChI=1S/C19H19N7O/c1-19(2)6-13-16(14(27)7-19)15(11-4-3-5-22-9-11)12(8-20)17(21)26(13)18-23-10-24-25-18/h3-5,9-10,15H,6-7,21H2,1-2H3,(H,23,24,25). The van der Waals surface area contributed by atoms with Gasteiger partial charge < -0.3 is 5.73 Å². The molecule has 8 nitrogen and oxygen atoms in total. The number of nitrogens with zero attached hydrogens (tertiary/aromatic N) is 5. The first-order valence-electron chi connectivity index (χ1n) is 8.64. The lowest BCUT2D eigenvalue weighted by Crippen LogP contribution is -2.42. The molecule has 2 aromatic rings. The van der Waals surface area contributed by atoms with E-state index in [0.717, 1.165) is 11.3 Å². The molecule has 0 fully saturated rings. The minimum atomic E-state index is -0.526. The molecule has 0 spiro atoms. The summed E-state index contributed by atoms with van der Waals surface area (Å²) in [5, 5.41) is 16.6. The molecule has 3 heterocycles. The number of anilines is 1. The minimum absolute atomic E-state index is 0.0138. The zero-order valence-electron chi connectivity index (χ0n) is 15.1. The van der Waals surface area contributed by atoms with Gasteiger partial charge in [-0.2, -0.15) is 15.3 Å². The Kier molecular flexibility index (Phi) is 3.81. The normalized spacial score (nSPS) is 21.9. The van der Waals surface area contributed by atoms with Crippen LogP contribution in [0, 0.1) is 16.7 Å². The van der Waals surface area contributed by atoms with E-state index in [0.29, 0.717) is 29.9 Å². The van der Waals surface area contributed by atoms with Gasteiger partial charge in [0.2, 0.25) is 5.95 Å². The summed E-state index contributed by atoms with van der Waals surface area (Å²) in [6.07, 6.45) is 5.75. The Morgan fingerprint density at radius 1 is 1.41 bits per heavy atom. The summed E-state index contributed by atoms with van der Waals surface area (Å²) in [5.41, 5.74) is 8.63. The van der Waals surface area contributed by atoms with Crippen LogP contribution in [0.5, 0.6) is 0 Å². The van der Waals surface area contributed by atoms with Crippen LogP contribution in [0.1, 0.15) is 38.2 Å². The molecule has 0 amide bonds. The molecule has 0 bridgehead atoms. The van der Waals surface area contributed by atoms with Gasteiger partial charge in [0, 0.05) is 30.1 Å². The van der Waals surface area contributed by atoms with Crippen molar-refractivity contribution in [2.24, 2.45) is 11.1 Å². The summed E-state index contributed by atoms with van der Waals surface area (Å²) in [4.78, 5) is 23.2. The maximum Gasteiger partial charge on any atom is 0.231 e. The van der Waals surface area contributed by atoms with Crippen molar-refractivity contribution in [2.75, 3.05) is 4.90 Å². The minimum Gasteiger partial charge on any atom is -0.384 e. The third-order valence-corrected chi connectivity index (χ3v) is 5.01. The molecule has 1 unspecified atom stereocenters. The second-order valence-corrected chi connectivity index (χ2v) is 7.58. The number of H-pyrrole nitrogens is 1. The average Bonchev–Trinajstić information content (AvgIpc) is 3.14. The van der Waals surface area contributed by atoms with Crippen molar-refractivity contribution >= 4 is 11.7 Å². The summed E-state index contributed by atoms with van der Waals surface area (Å²) in [6.45, 7) is 4.10. The molecule has 1 aliphatic carbocycles. The molecule has 4 rings (SSSR count). The molecular formula is C19H19N7O. The lowest BCUT2D eigenvalue weighted by atomic mass is 9.69. The number of carbonyl (C=O) groups excluding carboxylic acids is 1. The van der Waals surface area contributed by atoms with Crippen LogP contribution in [0.4, 0.5) is 5.95 Å². The maximum absolute atomic E-state index is 13.2. The first-order valence-corrected chi connectivity index (χ1v) is 8.64. The van der Waals surface area contributed by atoms with Gasteiger partial charge in [-0.15, -0.1) is 0 Å². The van der Waals surface area contributed by atoms with Gasteiger partial charge >= 0.3 is 0 Å². The van der Waals surface area contributed by atoms with E-state index in [9.17, 15) is 10.1 Å². The van der Waals surface area contributed by atoms with E-state index in [1.54, 1.807) is 23.4 Å². The van der Waals surface area contributed by atoms with Crippen LogP contribution in [0.15, 0.2) is 53.5 Å². The SMILES string of the molecule is CC1(C)CC(=O)C2=C(C1)N(c1ncn[nH]1)C(N)=C(C#N)C2c1cccnc1. The monoisotopic (exact) mass is 361 g/mol. The van der Waals surface area contributed by atoms with Crippen molar-refractivity contribution in [2.45, 2.75) is 32.6 Å². The van der Waals surface area contributed by atoms with Gasteiger partial charge in [-0.25, -0.2) is 5.10 Å². The molecule has 0 saturated heterocycles. The molecule has 0 saturated carbocycles. The summed E-state index contributed by atoms with van der Waals surface area (Å²) in [7, 11) is 0.